The number of benzene rings is 1. The Bertz CT molecular complexity index is 562. The number of imide groups is 1. The van der Waals surface area contributed by atoms with E-state index in [2.05, 4.69) is 21.2 Å². The average molecular weight is 355 g/mol. The first kappa shape index (κ1) is 15.8. The van der Waals surface area contributed by atoms with E-state index < -0.39 is 6.04 Å². The summed E-state index contributed by atoms with van der Waals surface area (Å²) in [5.74, 6) is 0.345. The van der Waals surface area contributed by atoms with Gasteiger partial charge in [0.15, 0.2) is 0 Å². The third-order valence-electron chi connectivity index (χ3n) is 3.71. The highest BCUT2D eigenvalue weighted by molar-refractivity contribution is 9.10. The van der Waals surface area contributed by atoms with Crippen molar-refractivity contribution in [3.8, 4) is 5.75 Å². The van der Waals surface area contributed by atoms with Crippen molar-refractivity contribution < 1.29 is 14.3 Å². The topological polar surface area (TPSA) is 58.6 Å². The lowest BCUT2D eigenvalue weighted by Gasteiger charge is -2.22. The Morgan fingerprint density at radius 3 is 2.81 bits per heavy atom. The molecule has 1 N–H and O–H groups in total. The van der Waals surface area contributed by atoms with E-state index in [9.17, 15) is 9.59 Å². The zero-order chi connectivity index (χ0) is 15.6. The molecule has 2 unspecified atom stereocenters. The average Bonchev–Trinajstić information content (AvgIpc) is 2.73. The summed E-state index contributed by atoms with van der Waals surface area (Å²) in [6.45, 7) is 3.85. The lowest BCUT2D eigenvalue weighted by atomic mass is 10.2. The maximum atomic E-state index is 12.4. The number of carbonyl (C=O) groups is 2. The predicted octanol–water partition coefficient (Wildman–Crippen LogP) is 2.80. The second-order valence-corrected chi connectivity index (χ2v) is 6.02. The van der Waals surface area contributed by atoms with Crippen LogP contribution in [0.4, 0.5) is 5.69 Å². The lowest BCUT2D eigenvalue weighted by molar-refractivity contribution is -0.140. The first-order chi connectivity index (χ1) is 9.97. The number of likely N-dealkylation sites (tertiary alicyclic amines) is 1. The second-order valence-electron chi connectivity index (χ2n) is 5.10. The van der Waals surface area contributed by atoms with Gasteiger partial charge in [-0.3, -0.25) is 14.5 Å². The molecular formula is C15H19BrN2O3. The van der Waals surface area contributed by atoms with Crippen LogP contribution in [-0.2, 0) is 9.59 Å². The zero-order valence-corrected chi connectivity index (χ0v) is 13.9. The molecule has 1 aliphatic heterocycles. The molecule has 21 heavy (non-hydrogen) atoms. The van der Waals surface area contributed by atoms with Crippen LogP contribution in [0.5, 0.6) is 5.75 Å². The van der Waals surface area contributed by atoms with Gasteiger partial charge in [0.2, 0.25) is 5.91 Å². The minimum atomic E-state index is -0.533. The molecule has 114 valence electrons. The minimum absolute atomic E-state index is 0.0683. The van der Waals surface area contributed by atoms with E-state index in [0.29, 0.717) is 11.4 Å². The molecule has 0 aliphatic carbocycles. The van der Waals surface area contributed by atoms with Gasteiger partial charge in [0, 0.05) is 10.5 Å². The van der Waals surface area contributed by atoms with Crippen LogP contribution in [-0.4, -0.2) is 35.9 Å². The molecule has 1 aliphatic rings. The van der Waals surface area contributed by atoms with E-state index in [-0.39, 0.29) is 24.3 Å². The molecule has 1 fully saturated rings. The van der Waals surface area contributed by atoms with Gasteiger partial charge < -0.3 is 10.1 Å². The molecule has 0 radical (unpaired) electrons. The fraction of sp³-hybridized carbons (Fsp3) is 0.467. The fourth-order valence-electron chi connectivity index (χ4n) is 2.39. The van der Waals surface area contributed by atoms with E-state index in [0.717, 1.165) is 10.9 Å². The predicted molar refractivity (Wildman–Crippen MR) is 84.3 cm³/mol. The first-order valence-corrected chi connectivity index (χ1v) is 7.73. The molecule has 1 aromatic rings. The molecule has 6 heteroatoms. The molecule has 1 heterocycles. The Morgan fingerprint density at radius 2 is 2.19 bits per heavy atom. The number of hydrogen-bond acceptors (Lipinski definition) is 4. The number of nitrogens with one attached hydrogen (secondary N) is 1. The van der Waals surface area contributed by atoms with Crippen molar-refractivity contribution in [2.24, 2.45) is 0 Å². The van der Waals surface area contributed by atoms with E-state index >= 15 is 0 Å². The van der Waals surface area contributed by atoms with Crippen molar-refractivity contribution in [3.05, 3.63) is 22.7 Å². The van der Waals surface area contributed by atoms with Crippen molar-refractivity contribution in [1.29, 1.82) is 0 Å². The van der Waals surface area contributed by atoms with Crippen LogP contribution in [0.1, 0.15) is 26.7 Å². The molecule has 0 saturated carbocycles. The second kappa shape index (κ2) is 6.47. The Kier molecular flexibility index (Phi) is 4.88. The summed E-state index contributed by atoms with van der Waals surface area (Å²) >= 11 is 3.39. The van der Waals surface area contributed by atoms with Gasteiger partial charge in [-0.1, -0.05) is 22.9 Å². The van der Waals surface area contributed by atoms with Crippen LogP contribution in [0, 0.1) is 0 Å². The molecule has 5 nitrogen and oxygen atoms in total. The number of nitrogens with zero attached hydrogens (tertiary/aromatic N) is 1. The largest absolute Gasteiger partial charge is 0.495 e. The lowest BCUT2D eigenvalue weighted by Crippen LogP contribution is -2.40. The molecule has 2 rings (SSSR count). The number of halogens is 1. The van der Waals surface area contributed by atoms with Crippen molar-refractivity contribution in [2.45, 2.75) is 38.8 Å². The molecule has 2 amide bonds. The minimum Gasteiger partial charge on any atom is -0.495 e. The van der Waals surface area contributed by atoms with E-state index in [4.69, 9.17) is 4.74 Å². The Labute approximate surface area is 132 Å². The van der Waals surface area contributed by atoms with Crippen LogP contribution < -0.4 is 10.1 Å². The van der Waals surface area contributed by atoms with E-state index in [1.54, 1.807) is 13.2 Å². The maximum Gasteiger partial charge on any atom is 0.252 e. The normalized spacial score (nSPS) is 19.8. The molecule has 0 bridgehead atoms. The zero-order valence-electron chi connectivity index (χ0n) is 12.4. The number of ether oxygens (including phenoxy) is 1. The summed E-state index contributed by atoms with van der Waals surface area (Å²) in [6.07, 6.45) is 0.934. The van der Waals surface area contributed by atoms with Crippen LogP contribution in [0.15, 0.2) is 22.7 Å². The molecule has 0 spiro atoms. The SMILES string of the molecule is CCC(C)N1C(=O)CC(Nc2cc(Br)ccc2OC)C1=O. The van der Waals surface area contributed by atoms with Crippen LogP contribution in [0.3, 0.4) is 0 Å². The number of methoxy groups -OCH3 is 1. The van der Waals surface area contributed by atoms with E-state index in [1.165, 1.54) is 4.90 Å². The van der Waals surface area contributed by atoms with Crippen molar-refractivity contribution in [1.82, 2.24) is 4.90 Å². The van der Waals surface area contributed by atoms with Crippen molar-refractivity contribution in [3.63, 3.8) is 0 Å². The van der Waals surface area contributed by atoms with Gasteiger partial charge in [-0.2, -0.15) is 0 Å². The first-order valence-electron chi connectivity index (χ1n) is 6.93. The maximum absolute atomic E-state index is 12.4. The Hall–Kier alpha value is -1.56. The highest BCUT2D eigenvalue weighted by atomic mass is 79.9. The van der Waals surface area contributed by atoms with Gasteiger partial charge >= 0.3 is 0 Å². The number of amides is 2. The fourth-order valence-corrected chi connectivity index (χ4v) is 2.75. The van der Waals surface area contributed by atoms with Gasteiger partial charge in [-0.05, 0) is 31.5 Å². The van der Waals surface area contributed by atoms with Gasteiger partial charge in [-0.15, -0.1) is 0 Å². The standard InChI is InChI=1S/C15H19BrN2O3/c1-4-9(2)18-14(19)8-12(15(18)20)17-11-7-10(16)5-6-13(11)21-3/h5-7,9,12,17H,4,8H2,1-3H3. The van der Waals surface area contributed by atoms with Gasteiger partial charge in [0.25, 0.3) is 5.91 Å². The summed E-state index contributed by atoms with van der Waals surface area (Å²) in [7, 11) is 1.57. The molecule has 1 saturated heterocycles. The molecule has 2 atom stereocenters. The summed E-state index contributed by atoms with van der Waals surface area (Å²) in [5, 5.41) is 3.12. The van der Waals surface area contributed by atoms with Crippen LogP contribution in [0.2, 0.25) is 0 Å². The quantitative estimate of drug-likeness (QED) is 0.826. The number of carbonyl (C=O) groups excluding carboxylic acids is 2. The van der Waals surface area contributed by atoms with Crippen molar-refractivity contribution in [2.75, 3.05) is 12.4 Å². The molecular weight excluding hydrogens is 336 g/mol. The highest BCUT2D eigenvalue weighted by Gasteiger charge is 2.40. The van der Waals surface area contributed by atoms with Crippen molar-refractivity contribution >= 4 is 33.4 Å². The van der Waals surface area contributed by atoms with Gasteiger partial charge in [0.05, 0.1) is 19.2 Å². The summed E-state index contributed by atoms with van der Waals surface area (Å²) < 4.78 is 6.15. The Balaban J connectivity index is 2.20. The van der Waals surface area contributed by atoms with Gasteiger partial charge in [-0.25, -0.2) is 0 Å². The number of anilines is 1. The third kappa shape index (κ3) is 3.20. The third-order valence-corrected chi connectivity index (χ3v) is 4.20. The Morgan fingerprint density at radius 1 is 1.48 bits per heavy atom. The van der Waals surface area contributed by atoms with Gasteiger partial charge in [0.1, 0.15) is 11.8 Å². The number of rotatable bonds is 5. The van der Waals surface area contributed by atoms with Crippen LogP contribution in [0.25, 0.3) is 0 Å². The molecule has 1 aromatic carbocycles. The van der Waals surface area contributed by atoms with E-state index in [1.807, 2.05) is 26.0 Å². The summed E-state index contributed by atoms with van der Waals surface area (Å²) in [4.78, 5) is 25.8. The summed E-state index contributed by atoms with van der Waals surface area (Å²) in [5.41, 5.74) is 0.698. The molecule has 0 aromatic heterocycles. The number of hydrogen-bond donors (Lipinski definition) is 1. The van der Waals surface area contributed by atoms with Crippen LogP contribution >= 0.6 is 15.9 Å². The smallest absolute Gasteiger partial charge is 0.252 e. The highest BCUT2D eigenvalue weighted by Crippen LogP contribution is 2.30. The monoisotopic (exact) mass is 354 g/mol. The summed E-state index contributed by atoms with van der Waals surface area (Å²) in [6, 6.07) is 4.90.